The molecule has 1 amide bonds. The summed E-state index contributed by atoms with van der Waals surface area (Å²) in [6, 6.07) is 0.282. The maximum Gasteiger partial charge on any atom is 0.207 e. The van der Waals surface area contributed by atoms with E-state index in [0.717, 1.165) is 12.8 Å². The summed E-state index contributed by atoms with van der Waals surface area (Å²) in [5.74, 6) is 0. The van der Waals surface area contributed by atoms with Crippen LogP contribution in [-0.4, -0.2) is 25.7 Å². The maximum atomic E-state index is 10.1. The van der Waals surface area contributed by atoms with Crippen molar-refractivity contribution in [3.8, 4) is 0 Å². The number of methoxy groups -OCH3 is 1. The minimum atomic E-state index is 0.0929. The molecule has 3 nitrogen and oxygen atoms in total. The van der Waals surface area contributed by atoms with Gasteiger partial charge >= 0.3 is 0 Å². The fourth-order valence-corrected chi connectivity index (χ4v) is 1.65. The van der Waals surface area contributed by atoms with Crippen molar-refractivity contribution in [2.24, 2.45) is 5.41 Å². The van der Waals surface area contributed by atoms with Crippen molar-refractivity contribution in [3.05, 3.63) is 0 Å². The molecule has 0 aliphatic heterocycles. The second kappa shape index (κ2) is 2.81. The second-order valence-electron chi connectivity index (χ2n) is 3.62. The summed E-state index contributed by atoms with van der Waals surface area (Å²) >= 11 is 0. The zero-order chi connectivity index (χ0) is 8.48. The van der Waals surface area contributed by atoms with Gasteiger partial charge in [0.2, 0.25) is 6.41 Å². The van der Waals surface area contributed by atoms with Crippen LogP contribution in [0.5, 0.6) is 0 Å². The van der Waals surface area contributed by atoms with Crippen LogP contribution in [0, 0.1) is 5.41 Å². The highest BCUT2D eigenvalue weighted by Gasteiger charge is 2.48. The molecule has 1 N–H and O–H groups in total. The second-order valence-corrected chi connectivity index (χ2v) is 3.62. The molecule has 0 radical (unpaired) electrons. The number of hydrogen-bond acceptors (Lipinski definition) is 2. The van der Waals surface area contributed by atoms with Gasteiger partial charge in [-0.25, -0.2) is 0 Å². The zero-order valence-corrected chi connectivity index (χ0v) is 7.26. The molecule has 0 bridgehead atoms. The summed E-state index contributed by atoms with van der Waals surface area (Å²) in [5.41, 5.74) is 0.0929. The Morgan fingerprint density at radius 3 is 2.64 bits per heavy atom. The van der Waals surface area contributed by atoms with Crippen LogP contribution < -0.4 is 5.32 Å². The van der Waals surface area contributed by atoms with E-state index in [1.54, 1.807) is 7.11 Å². The molecule has 64 valence electrons. The summed E-state index contributed by atoms with van der Waals surface area (Å²) in [4.78, 5) is 10.1. The van der Waals surface area contributed by atoms with E-state index in [0.29, 0.717) is 6.10 Å². The highest BCUT2D eigenvalue weighted by atomic mass is 16.5. The molecule has 0 saturated heterocycles. The number of amides is 1. The number of carbonyl (C=O) groups excluding carboxylic acids is 1. The molecular formula is C8H15NO2. The highest BCUT2D eigenvalue weighted by molar-refractivity contribution is 5.47. The van der Waals surface area contributed by atoms with Crippen molar-refractivity contribution in [3.63, 3.8) is 0 Å². The van der Waals surface area contributed by atoms with Crippen molar-refractivity contribution in [2.75, 3.05) is 7.11 Å². The summed E-state index contributed by atoms with van der Waals surface area (Å²) in [7, 11) is 1.71. The minimum absolute atomic E-state index is 0.0929. The molecule has 1 saturated carbocycles. The Morgan fingerprint density at radius 1 is 1.64 bits per heavy atom. The predicted octanol–water partition coefficient (Wildman–Crippen LogP) is 0.546. The summed E-state index contributed by atoms with van der Waals surface area (Å²) in [5, 5.41) is 2.78. The molecule has 11 heavy (non-hydrogen) atoms. The summed E-state index contributed by atoms with van der Waals surface area (Å²) in [6.07, 6.45) is 1.99. The van der Waals surface area contributed by atoms with Crippen LogP contribution in [0.3, 0.4) is 0 Å². The van der Waals surface area contributed by atoms with Gasteiger partial charge in [-0.05, 0) is 6.42 Å². The third-order valence-corrected chi connectivity index (χ3v) is 2.73. The first kappa shape index (κ1) is 8.53. The van der Waals surface area contributed by atoms with Crippen molar-refractivity contribution in [1.82, 2.24) is 5.32 Å². The van der Waals surface area contributed by atoms with Crippen molar-refractivity contribution >= 4 is 6.41 Å². The lowest BCUT2D eigenvalue weighted by atomic mass is 9.64. The molecule has 1 rings (SSSR count). The summed E-state index contributed by atoms with van der Waals surface area (Å²) in [6.45, 7) is 4.21. The number of carbonyl (C=O) groups is 1. The molecule has 2 unspecified atom stereocenters. The Hall–Kier alpha value is -0.570. The average Bonchev–Trinajstić information content (AvgIpc) is 1.97. The van der Waals surface area contributed by atoms with Gasteiger partial charge in [-0.2, -0.15) is 0 Å². The molecule has 1 aliphatic carbocycles. The van der Waals surface area contributed by atoms with Gasteiger partial charge in [0.25, 0.3) is 0 Å². The first-order valence-corrected chi connectivity index (χ1v) is 3.85. The van der Waals surface area contributed by atoms with Crippen molar-refractivity contribution in [2.45, 2.75) is 32.4 Å². The SMILES string of the molecule is COC1CC(NC=O)C1(C)C. The van der Waals surface area contributed by atoms with Gasteiger partial charge < -0.3 is 10.1 Å². The molecule has 1 aliphatic rings. The van der Waals surface area contributed by atoms with E-state index in [2.05, 4.69) is 19.2 Å². The Morgan fingerprint density at radius 2 is 2.27 bits per heavy atom. The van der Waals surface area contributed by atoms with E-state index in [9.17, 15) is 4.79 Å². The summed E-state index contributed by atoms with van der Waals surface area (Å²) < 4.78 is 5.22. The van der Waals surface area contributed by atoms with Gasteiger partial charge in [-0.3, -0.25) is 4.79 Å². The third-order valence-electron chi connectivity index (χ3n) is 2.73. The molecule has 0 heterocycles. The van der Waals surface area contributed by atoms with E-state index in [4.69, 9.17) is 4.74 Å². The molecule has 3 heteroatoms. The zero-order valence-electron chi connectivity index (χ0n) is 7.26. The molecule has 0 aromatic rings. The molecular weight excluding hydrogens is 142 g/mol. The Kier molecular flexibility index (Phi) is 2.18. The lowest BCUT2D eigenvalue weighted by molar-refractivity contribution is -0.122. The Bertz CT molecular complexity index is 156. The van der Waals surface area contributed by atoms with Crippen LogP contribution in [0.15, 0.2) is 0 Å². The van der Waals surface area contributed by atoms with Crippen LogP contribution in [0.25, 0.3) is 0 Å². The van der Waals surface area contributed by atoms with Crippen LogP contribution in [0.1, 0.15) is 20.3 Å². The average molecular weight is 157 g/mol. The topological polar surface area (TPSA) is 38.3 Å². The maximum absolute atomic E-state index is 10.1. The molecule has 0 spiro atoms. The fourth-order valence-electron chi connectivity index (χ4n) is 1.65. The first-order valence-electron chi connectivity index (χ1n) is 3.85. The van der Waals surface area contributed by atoms with Crippen LogP contribution in [0.2, 0.25) is 0 Å². The number of nitrogens with one attached hydrogen (secondary N) is 1. The molecule has 0 aromatic carbocycles. The monoisotopic (exact) mass is 157 g/mol. The number of ether oxygens (including phenoxy) is 1. The molecule has 2 atom stereocenters. The van der Waals surface area contributed by atoms with Crippen LogP contribution in [0.4, 0.5) is 0 Å². The van der Waals surface area contributed by atoms with E-state index >= 15 is 0 Å². The van der Waals surface area contributed by atoms with Gasteiger partial charge in [0.05, 0.1) is 6.10 Å². The van der Waals surface area contributed by atoms with Crippen LogP contribution >= 0.6 is 0 Å². The first-order chi connectivity index (χ1) is 5.12. The lowest BCUT2D eigenvalue weighted by Gasteiger charge is -2.50. The minimum Gasteiger partial charge on any atom is -0.381 e. The van der Waals surface area contributed by atoms with E-state index in [-0.39, 0.29) is 11.5 Å². The quantitative estimate of drug-likeness (QED) is 0.607. The normalized spacial score (nSPS) is 34.1. The number of hydrogen-bond donors (Lipinski definition) is 1. The third kappa shape index (κ3) is 1.25. The van der Waals surface area contributed by atoms with Gasteiger partial charge in [0.15, 0.2) is 0 Å². The largest absolute Gasteiger partial charge is 0.381 e. The van der Waals surface area contributed by atoms with Crippen molar-refractivity contribution in [1.29, 1.82) is 0 Å². The predicted molar refractivity (Wildman–Crippen MR) is 42.2 cm³/mol. The highest BCUT2D eigenvalue weighted by Crippen LogP contribution is 2.41. The van der Waals surface area contributed by atoms with Gasteiger partial charge in [0.1, 0.15) is 0 Å². The molecule has 1 fully saturated rings. The van der Waals surface area contributed by atoms with E-state index < -0.39 is 0 Å². The van der Waals surface area contributed by atoms with Gasteiger partial charge in [0, 0.05) is 18.6 Å². The van der Waals surface area contributed by atoms with E-state index in [1.807, 2.05) is 0 Å². The van der Waals surface area contributed by atoms with Crippen molar-refractivity contribution < 1.29 is 9.53 Å². The lowest BCUT2D eigenvalue weighted by Crippen LogP contribution is -2.60. The standard InChI is InChI=1S/C8H15NO2/c1-8(2)6(9-5-10)4-7(8)11-3/h5-7H,4H2,1-3H3,(H,9,10). The number of rotatable bonds is 3. The molecule has 0 aromatic heterocycles. The van der Waals surface area contributed by atoms with Gasteiger partial charge in [-0.1, -0.05) is 13.8 Å². The smallest absolute Gasteiger partial charge is 0.207 e. The van der Waals surface area contributed by atoms with Crippen LogP contribution in [-0.2, 0) is 9.53 Å². The Labute approximate surface area is 67.1 Å². The van der Waals surface area contributed by atoms with E-state index in [1.165, 1.54) is 0 Å². The Balaban J connectivity index is 2.46. The fraction of sp³-hybridized carbons (Fsp3) is 0.875. The van der Waals surface area contributed by atoms with Gasteiger partial charge in [-0.15, -0.1) is 0 Å².